The highest BCUT2D eigenvalue weighted by Gasteiger charge is 1.97. The smallest absolute Gasteiger partial charge is 0.160 e. The van der Waals surface area contributed by atoms with Crippen LogP contribution in [0.15, 0.2) is 23.3 Å². The summed E-state index contributed by atoms with van der Waals surface area (Å²) in [4.78, 5) is 21.1. The maximum Gasteiger partial charge on any atom is 0.160 e. The van der Waals surface area contributed by atoms with Gasteiger partial charge in [0, 0.05) is 11.1 Å². The molecule has 0 amide bonds. The van der Waals surface area contributed by atoms with Crippen LogP contribution in [0.25, 0.3) is 0 Å². The molecule has 11 heavy (non-hydrogen) atoms. The predicted octanol–water partition coefficient (Wildman–Crippen LogP) is 1.84. The van der Waals surface area contributed by atoms with Crippen LogP contribution in [0, 0.1) is 0 Å². The highest BCUT2D eigenvalue weighted by molar-refractivity contribution is 6.28. The van der Waals surface area contributed by atoms with E-state index in [1.54, 1.807) is 0 Å². The van der Waals surface area contributed by atoms with Gasteiger partial charge in [0.1, 0.15) is 0 Å². The van der Waals surface area contributed by atoms with Crippen molar-refractivity contribution < 1.29 is 9.59 Å². The Balaban J connectivity index is 4.34. The van der Waals surface area contributed by atoms with Crippen molar-refractivity contribution in [2.75, 3.05) is 0 Å². The van der Waals surface area contributed by atoms with Gasteiger partial charge in [-0.1, -0.05) is 11.6 Å². The molecule has 0 radical (unpaired) electrons. The summed E-state index contributed by atoms with van der Waals surface area (Å²) in [5.74, 6) is -0.264. The van der Waals surface area contributed by atoms with Crippen LogP contribution in [-0.4, -0.2) is 11.6 Å². The molecule has 0 aromatic heterocycles. The lowest BCUT2D eigenvalue weighted by atomic mass is 10.2. The molecule has 0 saturated carbocycles. The molecule has 0 aromatic rings. The Hall–Kier alpha value is -0.890. The molecule has 0 spiro atoms. The second-order valence-corrected chi connectivity index (χ2v) is 2.28. The average molecular weight is 173 g/mol. The Labute approximate surface area is 70.5 Å². The lowest BCUT2D eigenvalue weighted by Crippen LogP contribution is -1.92. The summed E-state index contributed by atoms with van der Waals surface area (Å²) in [6.07, 6.45) is 2.70. The number of allylic oxidation sites excluding steroid dienone is 3. The largest absolute Gasteiger partial charge is 0.295 e. The lowest BCUT2D eigenvalue weighted by molar-refractivity contribution is -0.113. The molecule has 0 heterocycles. The number of halogens is 1. The molecule has 0 fully saturated rings. The second-order valence-electron chi connectivity index (χ2n) is 2.06. The van der Waals surface area contributed by atoms with Crippen LogP contribution in [-0.2, 0) is 9.59 Å². The third-order valence-corrected chi connectivity index (χ3v) is 1.26. The first-order valence-corrected chi connectivity index (χ1v) is 3.51. The van der Waals surface area contributed by atoms with Gasteiger partial charge in [-0.25, -0.2) is 0 Å². The molecule has 0 aliphatic carbocycles. The zero-order chi connectivity index (χ0) is 8.85. The molecule has 0 aromatic carbocycles. The minimum atomic E-state index is -0.155. The van der Waals surface area contributed by atoms with Crippen LogP contribution in [0.3, 0.4) is 0 Å². The quantitative estimate of drug-likeness (QED) is 0.481. The molecule has 3 heteroatoms. The van der Waals surface area contributed by atoms with E-state index < -0.39 is 0 Å². The van der Waals surface area contributed by atoms with E-state index in [0.717, 1.165) is 5.54 Å². The minimum absolute atomic E-state index is 0.109. The van der Waals surface area contributed by atoms with Gasteiger partial charge in [-0.2, -0.15) is 0 Å². The normalized spacial score (nSPS) is 12.1. The predicted molar refractivity (Wildman–Crippen MR) is 44.4 cm³/mol. The van der Waals surface area contributed by atoms with E-state index in [9.17, 15) is 9.59 Å². The Bertz CT molecular complexity index is 226. The molecule has 0 atom stereocenters. The first-order chi connectivity index (χ1) is 5.07. The summed E-state index contributed by atoms with van der Waals surface area (Å²) in [6.45, 7) is 2.79. The maximum atomic E-state index is 10.7. The number of rotatable bonds is 3. The van der Waals surface area contributed by atoms with Crippen LogP contribution in [0.2, 0.25) is 0 Å². The molecule has 0 aliphatic heterocycles. The first kappa shape index (κ1) is 10.1. The Morgan fingerprint density at radius 2 is 1.73 bits per heavy atom. The number of ketones is 2. The van der Waals surface area contributed by atoms with Crippen molar-refractivity contribution in [3.8, 4) is 0 Å². The topological polar surface area (TPSA) is 34.1 Å². The maximum absolute atomic E-state index is 10.7. The van der Waals surface area contributed by atoms with Crippen molar-refractivity contribution in [1.82, 2.24) is 0 Å². The van der Waals surface area contributed by atoms with E-state index in [0.29, 0.717) is 5.57 Å². The molecule has 0 saturated heterocycles. The Kier molecular flexibility index (Phi) is 4.46. The number of carbonyl (C=O) groups excluding carboxylic acids is 2. The van der Waals surface area contributed by atoms with Gasteiger partial charge in [0.15, 0.2) is 11.6 Å². The van der Waals surface area contributed by atoms with Crippen molar-refractivity contribution in [3.63, 3.8) is 0 Å². The molecular weight excluding hydrogens is 164 g/mol. The summed E-state index contributed by atoms with van der Waals surface area (Å²) >= 11 is 5.30. The van der Waals surface area contributed by atoms with Crippen molar-refractivity contribution in [1.29, 1.82) is 0 Å². The van der Waals surface area contributed by atoms with Gasteiger partial charge in [-0.15, -0.1) is 0 Å². The van der Waals surface area contributed by atoms with Gasteiger partial charge in [0.25, 0.3) is 0 Å². The van der Waals surface area contributed by atoms with Gasteiger partial charge in [0.05, 0.1) is 0 Å². The van der Waals surface area contributed by atoms with Crippen LogP contribution in [0.1, 0.15) is 13.8 Å². The zero-order valence-corrected chi connectivity index (χ0v) is 7.18. The highest BCUT2D eigenvalue weighted by atomic mass is 35.5. The van der Waals surface area contributed by atoms with E-state index in [-0.39, 0.29) is 11.6 Å². The Morgan fingerprint density at radius 1 is 1.18 bits per heavy atom. The summed E-state index contributed by atoms with van der Waals surface area (Å²) in [6, 6.07) is 0. The highest BCUT2D eigenvalue weighted by Crippen LogP contribution is 2.00. The molecule has 0 rings (SSSR count). The SMILES string of the molecule is CC(=O)/C=C/C(=C\Cl)C(C)=O. The van der Waals surface area contributed by atoms with E-state index in [1.807, 2.05) is 0 Å². The van der Waals surface area contributed by atoms with Gasteiger partial charge in [0.2, 0.25) is 0 Å². The number of Topliss-reactive ketones (excluding diaryl/α,β-unsaturated/α-hetero) is 1. The fourth-order valence-electron chi connectivity index (χ4n) is 0.438. The summed E-state index contributed by atoms with van der Waals surface area (Å²) in [5, 5.41) is 0. The summed E-state index contributed by atoms with van der Waals surface area (Å²) < 4.78 is 0. The van der Waals surface area contributed by atoms with E-state index in [4.69, 9.17) is 11.6 Å². The molecule has 0 bridgehead atoms. The van der Waals surface area contributed by atoms with E-state index in [2.05, 4.69) is 0 Å². The van der Waals surface area contributed by atoms with Crippen LogP contribution < -0.4 is 0 Å². The molecule has 2 nitrogen and oxygen atoms in total. The number of hydrogen-bond donors (Lipinski definition) is 0. The molecule has 0 N–H and O–H groups in total. The van der Waals surface area contributed by atoms with E-state index >= 15 is 0 Å². The standard InChI is InChI=1S/C8H9ClO2/c1-6(10)3-4-8(5-9)7(2)11/h3-5H,1-2H3/b4-3+,8-5+. The molecule has 0 aliphatic rings. The van der Waals surface area contributed by atoms with E-state index in [1.165, 1.54) is 26.0 Å². The van der Waals surface area contributed by atoms with Gasteiger partial charge < -0.3 is 0 Å². The molecule has 60 valence electrons. The van der Waals surface area contributed by atoms with Gasteiger partial charge >= 0.3 is 0 Å². The average Bonchev–Trinajstić information content (AvgIpc) is 1.87. The van der Waals surface area contributed by atoms with Crippen LogP contribution in [0.4, 0.5) is 0 Å². The third-order valence-electron chi connectivity index (χ3n) is 1.02. The van der Waals surface area contributed by atoms with Crippen molar-refractivity contribution in [2.24, 2.45) is 0 Å². The fraction of sp³-hybridized carbons (Fsp3) is 0.250. The second kappa shape index (κ2) is 4.85. The van der Waals surface area contributed by atoms with Crippen molar-refractivity contribution in [3.05, 3.63) is 23.3 Å². The zero-order valence-electron chi connectivity index (χ0n) is 6.43. The summed E-state index contributed by atoms with van der Waals surface area (Å²) in [5.41, 5.74) is 1.49. The van der Waals surface area contributed by atoms with Crippen molar-refractivity contribution >= 4 is 23.2 Å². The summed E-state index contributed by atoms with van der Waals surface area (Å²) in [7, 11) is 0. The van der Waals surface area contributed by atoms with Crippen LogP contribution in [0.5, 0.6) is 0 Å². The minimum Gasteiger partial charge on any atom is -0.295 e. The van der Waals surface area contributed by atoms with Gasteiger partial charge in [-0.3, -0.25) is 9.59 Å². The van der Waals surface area contributed by atoms with Gasteiger partial charge in [-0.05, 0) is 26.0 Å². The third kappa shape index (κ3) is 4.51. The van der Waals surface area contributed by atoms with Crippen molar-refractivity contribution in [2.45, 2.75) is 13.8 Å². The Morgan fingerprint density at radius 3 is 2.00 bits per heavy atom. The number of hydrogen-bond acceptors (Lipinski definition) is 2. The number of carbonyl (C=O) groups is 2. The van der Waals surface area contributed by atoms with Crippen LogP contribution >= 0.6 is 11.6 Å². The first-order valence-electron chi connectivity index (χ1n) is 3.08. The fourth-order valence-corrected chi connectivity index (χ4v) is 0.664. The lowest BCUT2D eigenvalue weighted by Gasteiger charge is -1.89. The molecule has 0 unspecified atom stereocenters. The monoisotopic (exact) mass is 172 g/mol. The molecular formula is C8H9ClO2.